The first-order valence-corrected chi connectivity index (χ1v) is 7.16. The maximum absolute atomic E-state index is 13.1. The minimum Gasteiger partial charge on any atom is -0.329 e. The van der Waals surface area contributed by atoms with Gasteiger partial charge in [0.1, 0.15) is 0 Å². The van der Waals surface area contributed by atoms with Crippen molar-refractivity contribution in [1.29, 1.82) is 0 Å². The second-order valence-corrected chi connectivity index (χ2v) is 5.20. The van der Waals surface area contributed by atoms with E-state index >= 15 is 0 Å². The summed E-state index contributed by atoms with van der Waals surface area (Å²) in [5.74, 6) is -0.759. The van der Waals surface area contributed by atoms with E-state index in [0.717, 1.165) is 12.1 Å². The van der Waals surface area contributed by atoms with Crippen molar-refractivity contribution in [2.45, 2.75) is 6.18 Å². The van der Waals surface area contributed by atoms with Crippen molar-refractivity contribution in [1.82, 2.24) is 0 Å². The summed E-state index contributed by atoms with van der Waals surface area (Å²) in [6, 6.07) is 10.9. The number of nitrogens with two attached hydrogens (primary N) is 1. The summed E-state index contributed by atoms with van der Waals surface area (Å²) >= 11 is 5.80. The van der Waals surface area contributed by atoms with Gasteiger partial charge in [0.15, 0.2) is 0 Å². The van der Waals surface area contributed by atoms with Crippen LogP contribution in [0.25, 0.3) is 0 Å². The van der Waals surface area contributed by atoms with Crippen molar-refractivity contribution in [2.75, 3.05) is 18.0 Å². The lowest BCUT2D eigenvalue weighted by Gasteiger charge is -2.24. The van der Waals surface area contributed by atoms with Crippen LogP contribution in [-0.4, -0.2) is 19.0 Å². The molecule has 0 heterocycles. The molecule has 130 valence electrons. The molecule has 0 aliphatic heterocycles. The van der Waals surface area contributed by atoms with Crippen LogP contribution in [0, 0.1) is 0 Å². The van der Waals surface area contributed by atoms with E-state index in [-0.39, 0.29) is 25.5 Å². The fourth-order valence-electron chi connectivity index (χ4n) is 2.16. The van der Waals surface area contributed by atoms with Gasteiger partial charge in [0, 0.05) is 23.8 Å². The van der Waals surface area contributed by atoms with E-state index in [9.17, 15) is 18.0 Å². The third-order valence-corrected chi connectivity index (χ3v) is 3.45. The topological polar surface area (TPSA) is 46.3 Å². The van der Waals surface area contributed by atoms with Gasteiger partial charge in [-0.3, -0.25) is 4.79 Å². The quantitative estimate of drug-likeness (QED) is 0.857. The molecular weight excluding hydrogens is 364 g/mol. The van der Waals surface area contributed by atoms with E-state index in [1.807, 2.05) is 0 Å². The number of alkyl halides is 3. The van der Waals surface area contributed by atoms with Crippen LogP contribution < -0.4 is 10.6 Å². The SMILES string of the molecule is Cl.NCCN(C(=O)c1ccccc1C(F)(F)F)c1ccc(Cl)cc1. The van der Waals surface area contributed by atoms with Gasteiger partial charge in [0.25, 0.3) is 5.91 Å². The van der Waals surface area contributed by atoms with Crippen LogP contribution in [0.5, 0.6) is 0 Å². The molecular formula is C16H15Cl2F3N2O. The average Bonchev–Trinajstić information content (AvgIpc) is 2.52. The number of hydrogen-bond acceptors (Lipinski definition) is 2. The van der Waals surface area contributed by atoms with Crippen molar-refractivity contribution < 1.29 is 18.0 Å². The van der Waals surface area contributed by atoms with Gasteiger partial charge in [-0.05, 0) is 36.4 Å². The summed E-state index contributed by atoms with van der Waals surface area (Å²) in [5, 5.41) is 0.463. The highest BCUT2D eigenvalue weighted by Crippen LogP contribution is 2.33. The molecule has 0 aliphatic carbocycles. The maximum Gasteiger partial charge on any atom is 0.417 e. The smallest absolute Gasteiger partial charge is 0.329 e. The zero-order chi connectivity index (χ0) is 17.0. The van der Waals surface area contributed by atoms with E-state index in [0.29, 0.717) is 10.7 Å². The van der Waals surface area contributed by atoms with E-state index in [2.05, 4.69) is 0 Å². The second kappa shape index (κ2) is 8.37. The van der Waals surface area contributed by atoms with Crippen LogP contribution in [0.3, 0.4) is 0 Å². The van der Waals surface area contributed by atoms with Crippen LogP contribution in [0.4, 0.5) is 18.9 Å². The number of amides is 1. The number of halogens is 5. The van der Waals surface area contributed by atoms with Crippen LogP contribution in [0.15, 0.2) is 48.5 Å². The molecule has 2 rings (SSSR count). The first-order chi connectivity index (χ1) is 10.8. The van der Waals surface area contributed by atoms with E-state index < -0.39 is 23.2 Å². The molecule has 2 aromatic rings. The normalized spacial score (nSPS) is 10.9. The Morgan fingerprint density at radius 1 is 1.08 bits per heavy atom. The first-order valence-electron chi connectivity index (χ1n) is 6.78. The largest absolute Gasteiger partial charge is 0.417 e. The number of nitrogens with zero attached hydrogens (tertiary/aromatic N) is 1. The highest BCUT2D eigenvalue weighted by atomic mass is 35.5. The summed E-state index contributed by atoms with van der Waals surface area (Å²) in [6.07, 6.45) is -4.61. The van der Waals surface area contributed by atoms with E-state index in [1.54, 1.807) is 24.3 Å². The molecule has 0 spiro atoms. The molecule has 0 unspecified atom stereocenters. The maximum atomic E-state index is 13.1. The molecule has 0 saturated carbocycles. The predicted molar refractivity (Wildman–Crippen MR) is 90.9 cm³/mol. The molecule has 2 N–H and O–H groups in total. The fraction of sp³-hybridized carbons (Fsp3) is 0.188. The summed E-state index contributed by atoms with van der Waals surface area (Å²) in [4.78, 5) is 13.8. The molecule has 0 radical (unpaired) electrons. The Labute approximate surface area is 148 Å². The monoisotopic (exact) mass is 378 g/mol. The Morgan fingerprint density at radius 3 is 2.21 bits per heavy atom. The Morgan fingerprint density at radius 2 is 1.67 bits per heavy atom. The number of hydrogen-bond donors (Lipinski definition) is 1. The van der Waals surface area contributed by atoms with Crippen molar-refractivity contribution in [3.63, 3.8) is 0 Å². The molecule has 0 aromatic heterocycles. The van der Waals surface area contributed by atoms with Gasteiger partial charge < -0.3 is 10.6 Å². The van der Waals surface area contributed by atoms with Gasteiger partial charge in [0.2, 0.25) is 0 Å². The van der Waals surface area contributed by atoms with E-state index in [4.69, 9.17) is 17.3 Å². The molecule has 0 atom stereocenters. The first kappa shape index (κ1) is 20.3. The van der Waals surface area contributed by atoms with Crippen molar-refractivity contribution in [3.8, 4) is 0 Å². The van der Waals surface area contributed by atoms with Gasteiger partial charge in [-0.1, -0.05) is 23.7 Å². The Hall–Kier alpha value is -1.76. The Kier molecular flexibility index (Phi) is 7.08. The summed E-state index contributed by atoms with van der Waals surface area (Å²) in [5.41, 5.74) is 4.54. The van der Waals surface area contributed by atoms with Gasteiger partial charge in [-0.15, -0.1) is 12.4 Å². The molecule has 3 nitrogen and oxygen atoms in total. The van der Waals surface area contributed by atoms with Crippen molar-refractivity contribution in [2.24, 2.45) is 5.73 Å². The number of rotatable bonds is 4. The minimum atomic E-state index is -4.61. The summed E-state index contributed by atoms with van der Waals surface area (Å²) in [7, 11) is 0. The number of carbonyl (C=O) groups is 1. The second-order valence-electron chi connectivity index (χ2n) is 4.77. The number of benzene rings is 2. The van der Waals surface area contributed by atoms with Gasteiger partial charge in [0.05, 0.1) is 11.1 Å². The van der Waals surface area contributed by atoms with Gasteiger partial charge in [-0.25, -0.2) is 0 Å². The molecule has 2 aromatic carbocycles. The molecule has 0 fully saturated rings. The molecule has 0 saturated heterocycles. The third-order valence-electron chi connectivity index (χ3n) is 3.20. The minimum absolute atomic E-state index is 0. The molecule has 0 aliphatic rings. The van der Waals surface area contributed by atoms with Crippen LogP contribution >= 0.6 is 24.0 Å². The Bertz CT molecular complexity index is 690. The van der Waals surface area contributed by atoms with Crippen molar-refractivity contribution in [3.05, 3.63) is 64.7 Å². The standard InChI is InChI=1S/C16H14ClF3N2O.ClH/c17-11-5-7-12(8-6-11)22(10-9-21)15(23)13-3-1-2-4-14(13)16(18,19)20;/h1-8H,9-10,21H2;1H. The molecule has 24 heavy (non-hydrogen) atoms. The highest BCUT2D eigenvalue weighted by molar-refractivity contribution is 6.30. The van der Waals surface area contributed by atoms with Gasteiger partial charge >= 0.3 is 6.18 Å². The number of anilines is 1. The summed E-state index contributed by atoms with van der Waals surface area (Å²) in [6.45, 7) is 0.204. The predicted octanol–water partition coefficient (Wildman–Crippen LogP) is 4.39. The lowest BCUT2D eigenvalue weighted by atomic mass is 10.1. The van der Waals surface area contributed by atoms with Crippen LogP contribution in [0.1, 0.15) is 15.9 Å². The van der Waals surface area contributed by atoms with Crippen molar-refractivity contribution >= 4 is 35.6 Å². The molecule has 8 heteroatoms. The zero-order valence-corrected chi connectivity index (χ0v) is 14.0. The van der Waals surface area contributed by atoms with Gasteiger partial charge in [-0.2, -0.15) is 13.2 Å². The zero-order valence-electron chi connectivity index (χ0n) is 12.4. The summed E-state index contributed by atoms with van der Waals surface area (Å²) < 4.78 is 39.3. The molecule has 0 bridgehead atoms. The Balaban J connectivity index is 0.00000288. The van der Waals surface area contributed by atoms with E-state index in [1.165, 1.54) is 17.0 Å². The van der Waals surface area contributed by atoms with Crippen LogP contribution in [0.2, 0.25) is 5.02 Å². The third kappa shape index (κ3) is 4.63. The fourth-order valence-corrected chi connectivity index (χ4v) is 2.29. The average molecular weight is 379 g/mol. The lowest BCUT2D eigenvalue weighted by molar-refractivity contribution is -0.137. The highest BCUT2D eigenvalue weighted by Gasteiger charge is 2.36. The molecule has 1 amide bonds. The lowest BCUT2D eigenvalue weighted by Crippen LogP contribution is -2.36. The van der Waals surface area contributed by atoms with Crippen LogP contribution in [-0.2, 0) is 6.18 Å². The number of carbonyl (C=O) groups excluding carboxylic acids is 1.